The molecule has 2 rings (SSSR count). The molecule has 1 aromatic heterocycles. The predicted octanol–water partition coefficient (Wildman–Crippen LogP) is 3.68. The van der Waals surface area contributed by atoms with Gasteiger partial charge in [0, 0.05) is 22.0 Å². The van der Waals surface area contributed by atoms with E-state index in [9.17, 15) is 4.39 Å². The van der Waals surface area contributed by atoms with E-state index >= 15 is 0 Å². The van der Waals surface area contributed by atoms with Crippen LogP contribution >= 0.6 is 11.3 Å². The van der Waals surface area contributed by atoms with Crippen LogP contribution in [0.4, 0.5) is 10.1 Å². The molecule has 2 nitrogen and oxygen atoms in total. The zero-order valence-corrected chi connectivity index (χ0v) is 10.1. The summed E-state index contributed by atoms with van der Waals surface area (Å²) in [5.41, 5.74) is 0.825. The number of nitrogens with one attached hydrogen (secondary N) is 1. The third-order valence-electron chi connectivity index (χ3n) is 2.35. The minimum atomic E-state index is -0.481. The van der Waals surface area contributed by atoms with Crippen LogP contribution in [0.25, 0.3) is 0 Å². The van der Waals surface area contributed by atoms with Gasteiger partial charge in [-0.05, 0) is 37.3 Å². The van der Waals surface area contributed by atoms with Crippen molar-refractivity contribution in [1.82, 2.24) is 0 Å². The average Bonchev–Trinajstić information content (AvgIpc) is 2.74. The number of nitriles is 1. The van der Waals surface area contributed by atoms with Gasteiger partial charge in [-0.15, -0.1) is 11.3 Å². The molecule has 1 heterocycles. The number of rotatable bonds is 3. The van der Waals surface area contributed by atoms with Crippen molar-refractivity contribution in [3.05, 3.63) is 51.5 Å². The summed E-state index contributed by atoms with van der Waals surface area (Å²) in [6, 6.07) is 10.4. The van der Waals surface area contributed by atoms with Crippen molar-refractivity contribution in [2.24, 2.45) is 0 Å². The van der Waals surface area contributed by atoms with E-state index in [1.54, 1.807) is 17.4 Å². The molecule has 0 bridgehead atoms. The fraction of sp³-hybridized carbons (Fsp3) is 0.154. The molecule has 1 N–H and O–H groups in total. The average molecular weight is 246 g/mol. The van der Waals surface area contributed by atoms with Crippen molar-refractivity contribution in [3.8, 4) is 6.07 Å². The molecule has 0 aliphatic carbocycles. The molecule has 0 amide bonds. The Morgan fingerprint density at radius 3 is 2.82 bits per heavy atom. The van der Waals surface area contributed by atoms with Crippen molar-refractivity contribution in [1.29, 1.82) is 5.26 Å². The van der Waals surface area contributed by atoms with Crippen LogP contribution in [-0.4, -0.2) is 0 Å². The first kappa shape index (κ1) is 11.6. The Balaban J connectivity index is 2.07. The minimum absolute atomic E-state index is 0.0670. The Morgan fingerprint density at radius 1 is 1.35 bits per heavy atom. The maximum atomic E-state index is 13.1. The number of nitrogens with zero attached hydrogens (tertiary/aromatic N) is 1. The van der Waals surface area contributed by atoms with Gasteiger partial charge in [0.05, 0.1) is 5.56 Å². The van der Waals surface area contributed by atoms with Crippen LogP contribution in [0.3, 0.4) is 0 Å². The van der Waals surface area contributed by atoms with Gasteiger partial charge < -0.3 is 5.32 Å². The third-order valence-corrected chi connectivity index (χ3v) is 3.35. The van der Waals surface area contributed by atoms with Gasteiger partial charge in [-0.1, -0.05) is 0 Å². The number of benzene rings is 1. The van der Waals surface area contributed by atoms with Gasteiger partial charge in [0.15, 0.2) is 0 Å². The van der Waals surface area contributed by atoms with Gasteiger partial charge in [-0.2, -0.15) is 5.26 Å². The monoisotopic (exact) mass is 246 g/mol. The highest BCUT2D eigenvalue weighted by atomic mass is 32.1. The highest BCUT2D eigenvalue weighted by Crippen LogP contribution is 2.18. The molecule has 0 unspecified atom stereocenters. The second-order valence-electron chi connectivity index (χ2n) is 3.67. The number of hydrogen-bond acceptors (Lipinski definition) is 3. The smallest absolute Gasteiger partial charge is 0.141 e. The fourth-order valence-electron chi connectivity index (χ4n) is 1.49. The van der Waals surface area contributed by atoms with Crippen LogP contribution in [0.15, 0.2) is 30.3 Å². The minimum Gasteiger partial charge on any atom is -0.380 e. The molecule has 0 aliphatic heterocycles. The van der Waals surface area contributed by atoms with Crippen LogP contribution in [-0.2, 0) is 6.54 Å². The zero-order chi connectivity index (χ0) is 12.3. The number of halogens is 1. The highest BCUT2D eigenvalue weighted by molar-refractivity contribution is 7.11. The molecule has 0 fully saturated rings. The van der Waals surface area contributed by atoms with Crippen molar-refractivity contribution in [2.75, 3.05) is 5.32 Å². The molecule has 0 saturated heterocycles. The summed E-state index contributed by atoms with van der Waals surface area (Å²) in [4.78, 5) is 2.48. The van der Waals surface area contributed by atoms with Crippen LogP contribution in [0.1, 0.15) is 15.3 Å². The quantitative estimate of drug-likeness (QED) is 0.896. The van der Waals surface area contributed by atoms with Gasteiger partial charge in [-0.25, -0.2) is 4.39 Å². The van der Waals surface area contributed by atoms with E-state index in [0.717, 1.165) is 5.69 Å². The number of aryl methyl sites for hydroxylation is 1. The summed E-state index contributed by atoms with van der Waals surface area (Å²) in [6.45, 7) is 2.74. The second-order valence-corrected chi connectivity index (χ2v) is 5.04. The Bertz CT molecular complexity index is 569. The van der Waals surface area contributed by atoms with E-state index in [2.05, 4.69) is 24.4 Å². The summed E-state index contributed by atoms with van der Waals surface area (Å²) < 4.78 is 13.1. The standard InChI is InChI=1S/C13H11FN2S/c1-9-2-4-12(17-9)8-16-11-3-5-13(14)10(6-11)7-15/h2-6,16H,8H2,1H3. The molecule has 0 aliphatic rings. The van der Waals surface area contributed by atoms with E-state index < -0.39 is 5.82 Å². The molecule has 2 aromatic rings. The maximum absolute atomic E-state index is 13.1. The van der Waals surface area contributed by atoms with Crippen molar-refractivity contribution in [2.45, 2.75) is 13.5 Å². The molecule has 86 valence electrons. The maximum Gasteiger partial charge on any atom is 0.141 e. The molecular formula is C13H11FN2S. The normalized spacial score (nSPS) is 9.94. The summed E-state index contributed by atoms with van der Waals surface area (Å²) in [5.74, 6) is -0.481. The van der Waals surface area contributed by atoms with E-state index in [4.69, 9.17) is 5.26 Å². The molecule has 1 aromatic carbocycles. The van der Waals surface area contributed by atoms with E-state index in [-0.39, 0.29) is 5.56 Å². The zero-order valence-electron chi connectivity index (χ0n) is 9.33. The number of anilines is 1. The lowest BCUT2D eigenvalue weighted by atomic mass is 10.2. The first-order chi connectivity index (χ1) is 8.19. The predicted molar refractivity (Wildman–Crippen MR) is 67.5 cm³/mol. The van der Waals surface area contributed by atoms with Crippen LogP contribution in [0, 0.1) is 24.1 Å². The van der Waals surface area contributed by atoms with Gasteiger partial charge in [0.2, 0.25) is 0 Å². The molecule has 17 heavy (non-hydrogen) atoms. The lowest BCUT2D eigenvalue weighted by molar-refractivity contribution is 0.624. The van der Waals surface area contributed by atoms with Crippen molar-refractivity contribution < 1.29 is 4.39 Å². The Hall–Kier alpha value is -1.86. The summed E-state index contributed by atoms with van der Waals surface area (Å²) >= 11 is 1.72. The summed E-state index contributed by atoms with van der Waals surface area (Å²) in [7, 11) is 0. The molecule has 0 spiro atoms. The Kier molecular flexibility index (Phi) is 3.40. The largest absolute Gasteiger partial charge is 0.380 e. The fourth-order valence-corrected chi connectivity index (χ4v) is 2.32. The van der Waals surface area contributed by atoms with Gasteiger partial charge in [-0.3, -0.25) is 0 Å². The Labute approximate surface area is 103 Å². The summed E-state index contributed by atoms with van der Waals surface area (Å²) in [5, 5.41) is 11.9. The first-order valence-corrected chi connectivity index (χ1v) is 5.99. The summed E-state index contributed by atoms with van der Waals surface area (Å²) in [6.07, 6.45) is 0. The van der Waals surface area contributed by atoms with E-state index in [1.807, 2.05) is 6.07 Å². The SMILES string of the molecule is Cc1ccc(CNc2ccc(F)c(C#N)c2)s1. The first-order valence-electron chi connectivity index (χ1n) is 5.18. The lowest BCUT2D eigenvalue weighted by Gasteiger charge is -2.05. The topological polar surface area (TPSA) is 35.8 Å². The van der Waals surface area contributed by atoms with Crippen LogP contribution in [0.2, 0.25) is 0 Å². The molecule has 0 radical (unpaired) electrons. The van der Waals surface area contributed by atoms with E-state index in [1.165, 1.54) is 21.9 Å². The van der Waals surface area contributed by atoms with Gasteiger partial charge in [0.25, 0.3) is 0 Å². The number of thiophene rings is 1. The third kappa shape index (κ3) is 2.83. The van der Waals surface area contributed by atoms with Crippen LogP contribution < -0.4 is 5.32 Å². The number of hydrogen-bond donors (Lipinski definition) is 1. The lowest BCUT2D eigenvalue weighted by Crippen LogP contribution is -1.98. The van der Waals surface area contributed by atoms with Crippen molar-refractivity contribution in [3.63, 3.8) is 0 Å². The van der Waals surface area contributed by atoms with Crippen molar-refractivity contribution >= 4 is 17.0 Å². The van der Waals surface area contributed by atoms with Gasteiger partial charge in [0.1, 0.15) is 11.9 Å². The second kappa shape index (κ2) is 4.98. The van der Waals surface area contributed by atoms with Gasteiger partial charge >= 0.3 is 0 Å². The highest BCUT2D eigenvalue weighted by Gasteiger charge is 2.03. The Morgan fingerprint density at radius 2 is 2.18 bits per heavy atom. The molecule has 4 heteroatoms. The molecule has 0 saturated carbocycles. The van der Waals surface area contributed by atoms with Crippen LogP contribution in [0.5, 0.6) is 0 Å². The molecule has 0 atom stereocenters. The van der Waals surface area contributed by atoms with E-state index in [0.29, 0.717) is 6.54 Å². The molecular weight excluding hydrogens is 235 g/mol.